The molecule has 2 amide bonds. The second kappa shape index (κ2) is 11.0. The van der Waals surface area contributed by atoms with Gasteiger partial charge in [0.1, 0.15) is 6.54 Å². The van der Waals surface area contributed by atoms with E-state index < -0.39 is 21.9 Å². The third kappa shape index (κ3) is 5.81. The molecule has 1 aliphatic rings. The van der Waals surface area contributed by atoms with Crippen molar-refractivity contribution in [1.82, 2.24) is 8.87 Å². The molecule has 0 aliphatic carbocycles. The fraction of sp³-hybridized carbons (Fsp3) is 0.360. The highest BCUT2D eigenvalue weighted by Crippen LogP contribution is 2.26. The Morgan fingerprint density at radius 2 is 1.86 bits per heavy atom. The fourth-order valence-electron chi connectivity index (χ4n) is 4.27. The van der Waals surface area contributed by atoms with Gasteiger partial charge in [-0.15, -0.1) is 0 Å². The van der Waals surface area contributed by atoms with Gasteiger partial charge >= 0.3 is 5.97 Å². The number of sulfonamides is 1. The lowest BCUT2D eigenvalue weighted by atomic mass is 10.1. The Kier molecular flexibility index (Phi) is 7.90. The van der Waals surface area contributed by atoms with Crippen LogP contribution in [-0.4, -0.2) is 54.8 Å². The van der Waals surface area contributed by atoms with Crippen molar-refractivity contribution >= 4 is 55.0 Å². The van der Waals surface area contributed by atoms with E-state index in [2.05, 4.69) is 10.3 Å². The van der Waals surface area contributed by atoms with Gasteiger partial charge in [-0.05, 0) is 62.2 Å². The molecule has 3 aromatic rings. The maximum absolute atomic E-state index is 13.1. The highest BCUT2D eigenvalue weighted by atomic mass is 32.2. The summed E-state index contributed by atoms with van der Waals surface area (Å²) < 4.78 is 34.8. The van der Waals surface area contributed by atoms with Gasteiger partial charge in [0.25, 0.3) is 5.91 Å². The van der Waals surface area contributed by atoms with E-state index >= 15 is 0 Å². The highest BCUT2D eigenvalue weighted by molar-refractivity contribution is 7.89. The van der Waals surface area contributed by atoms with Crippen LogP contribution >= 0.6 is 11.3 Å². The lowest BCUT2D eigenvalue weighted by molar-refractivity contribution is -0.141. The minimum Gasteiger partial charge on any atom is -0.468 e. The average molecular weight is 545 g/mol. The van der Waals surface area contributed by atoms with Gasteiger partial charge in [-0.1, -0.05) is 17.8 Å². The van der Waals surface area contributed by atoms with Crippen LogP contribution in [0.15, 0.2) is 52.4 Å². The number of nitrogens with zero attached hydrogens (tertiary/aromatic N) is 3. The number of piperidine rings is 1. The Morgan fingerprint density at radius 3 is 2.51 bits per heavy atom. The first-order chi connectivity index (χ1) is 17.6. The molecule has 0 spiro atoms. The first-order valence-corrected chi connectivity index (χ1v) is 14.0. The van der Waals surface area contributed by atoms with Gasteiger partial charge in [0.05, 0.1) is 22.2 Å². The molecule has 1 fully saturated rings. The van der Waals surface area contributed by atoms with Gasteiger partial charge in [-0.3, -0.25) is 14.4 Å². The Labute approximate surface area is 218 Å². The smallest absolute Gasteiger partial charge is 0.325 e. The van der Waals surface area contributed by atoms with Gasteiger partial charge < -0.3 is 14.6 Å². The SMILES string of the molecule is COC(=O)Cn1c(=NC(=O)c2ccc(S(=O)(=O)N3CCCCC3C)cc2)sc2cc(NC(C)=O)ccc21. The maximum atomic E-state index is 13.1. The van der Waals surface area contributed by atoms with E-state index in [1.165, 1.54) is 53.9 Å². The van der Waals surface area contributed by atoms with Gasteiger partial charge in [0, 0.05) is 30.8 Å². The van der Waals surface area contributed by atoms with E-state index in [1.807, 2.05) is 6.92 Å². The van der Waals surface area contributed by atoms with Crippen LogP contribution in [0.3, 0.4) is 0 Å². The number of carbonyl (C=O) groups is 3. The minimum atomic E-state index is -3.66. The summed E-state index contributed by atoms with van der Waals surface area (Å²) in [6, 6.07) is 10.8. The molecule has 1 unspecified atom stereocenters. The van der Waals surface area contributed by atoms with Crippen molar-refractivity contribution in [2.24, 2.45) is 4.99 Å². The van der Waals surface area contributed by atoms with Gasteiger partial charge in [-0.2, -0.15) is 9.30 Å². The molecule has 196 valence electrons. The predicted octanol–water partition coefficient (Wildman–Crippen LogP) is 3.14. The third-order valence-electron chi connectivity index (χ3n) is 6.17. The van der Waals surface area contributed by atoms with Crippen molar-refractivity contribution in [2.45, 2.75) is 50.6 Å². The summed E-state index contributed by atoms with van der Waals surface area (Å²) in [7, 11) is -2.39. The number of hydrogen-bond donors (Lipinski definition) is 1. The molecular weight excluding hydrogens is 516 g/mol. The van der Waals surface area contributed by atoms with Crippen molar-refractivity contribution < 1.29 is 27.5 Å². The number of rotatable bonds is 6. The van der Waals surface area contributed by atoms with Crippen LogP contribution in [0.2, 0.25) is 0 Å². The van der Waals surface area contributed by atoms with E-state index in [0.717, 1.165) is 19.3 Å². The summed E-state index contributed by atoms with van der Waals surface area (Å²) in [6.45, 7) is 3.63. The van der Waals surface area contributed by atoms with Crippen molar-refractivity contribution in [2.75, 3.05) is 19.0 Å². The standard InChI is InChI=1S/C25H28N4O6S2/c1-16-6-4-5-13-29(16)37(33,34)20-10-7-18(8-11-20)24(32)27-25-28(15-23(31)35-3)21-12-9-19(26-17(2)30)14-22(21)36-25/h7-12,14,16H,4-6,13,15H2,1-3H3,(H,26,30). The molecule has 0 bridgehead atoms. The molecule has 1 aromatic heterocycles. The van der Waals surface area contributed by atoms with Gasteiger partial charge in [-0.25, -0.2) is 8.42 Å². The lowest BCUT2D eigenvalue weighted by Crippen LogP contribution is -2.41. The number of nitrogens with one attached hydrogen (secondary N) is 1. The zero-order valence-electron chi connectivity index (χ0n) is 20.8. The number of aromatic nitrogens is 1. The summed E-state index contributed by atoms with van der Waals surface area (Å²) in [6.07, 6.45) is 2.65. The molecule has 2 aromatic carbocycles. The molecule has 1 N–H and O–H groups in total. The molecule has 1 saturated heterocycles. The summed E-state index contributed by atoms with van der Waals surface area (Å²) in [5.41, 5.74) is 1.43. The maximum Gasteiger partial charge on any atom is 0.325 e. The molecule has 1 aliphatic heterocycles. The molecule has 12 heteroatoms. The normalized spacial score (nSPS) is 17.1. The Bertz CT molecular complexity index is 1520. The van der Waals surface area contributed by atoms with E-state index in [1.54, 1.807) is 22.8 Å². The number of amides is 2. The van der Waals surface area contributed by atoms with E-state index in [9.17, 15) is 22.8 Å². The highest BCUT2D eigenvalue weighted by Gasteiger charge is 2.31. The number of fused-ring (bicyclic) bond motifs is 1. The van der Waals surface area contributed by atoms with Crippen molar-refractivity contribution in [3.8, 4) is 0 Å². The third-order valence-corrected chi connectivity index (χ3v) is 9.23. The number of carbonyl (C=O) groups excluding carboxylic acids is 3. The first-order valence-electron chi connectivity index (χ1n) is 11.8. The zero-order valence-corrected chi connectivity index (χ0v) is 22.4. The Balaban J connectivity index is 1.68. The quantitative estimate of drug-likeness (QED) is 0.475. The number of methoxy groups -OCH3 is 1. The van der Waals surface area contributed by atoms with Crippen molar-refractivity contribution in [3.05, 3.63) is 52.8 Å². The van der Waals surface area contributed by atoms with Crippen LogP contribution in [0.1, 0.15) is 43.5 Å². The first kappa shape index (κ1) is 26.7. The zero-order chi connectivity index (χ0) is 26.7. The molecule has 4 rings (SSSR count). The van der Waals surface area contributed by atoms with Crippen LogP contribution in [0.25, 0.3) is 10.2 Å². The van der Waals surface area contributed by atoms with Crippen molar-refractivity contribution in [3.63, 3.8) is 0 Å². The number of esters is 1. The molecule has 10 nitrogen and oxygen atoms in total. The summed E-state index contributed by atoms with van der Waals surface area (Å²) in [4.78, 5) is 41.1. The van der Waals surface area contributed by atoms with Gasteiger partial charge in [0.2, 0.25) is 15.9 Å². The van der Waals surface area contributed by atoms with E-state index in [0.29, 0.717) is 22.4 Å². The summed E-state index contributed by atoms with van der Waals surface area (Å²) in [5, 5.41) is 2.70. The van der Waals surface area contributed by atoms with Gasteiger partial charge in [0.15, 0.2) is 4.80 Å². The Morgan fingerprint density at radius 1 is 1.14 bits per heavy atom. The monoisotopic (exact) mass is 544 g/mol. The lowest BCUT2D eigenvalue weighted by Gasteiger charge is -2.32. The largest absolute Gasteiger partial charge is 0.468 e. The summed E-state index contributed by atoms with van der Waals surface area (Å²) >= 11 is 1.18. The number of thiazole rings is 1. The molecule has 37 heavy (non-hydrogen) atoms. The molecule has 1 atom stereocenters. The number of anilines is 1. The second-order valence-electron chi connectivity index (χ2n) is 8.81. The van der Waals surface area contributed by atoms with Crippen LogP contribution in [0, 0.1) is 0 Å². The van der Waals surface area contributed by atoms with Crippen LogP contribution < -0.4 is 10.1 Å². The minimum absolute atomic E-state index is 0.0700. The molecule has 0 saturated carbocycles. The van der Waals surface area contributed by atoms with Crippen molar-refractivity contribution in [1.29, 1.82) is 0 Å². The summed E-state index contributed by atoms with van der Waals surface area (Å²) in [5.74, 6) is -1.32. The molecule has 2 heterocycles. The number of benzene rings is 2. The predicted molar refractivity (Wildman–Crippen MR) is 140 cm³/mol. The Hall–Kier alpha value is -3.35. The number of hydrogen-bond acceptors (Lipinski definition) is 7. The van der Waals surface area contributed by atoms with Crippen LogP contribution in [0.4, 0.5) is 5.69 Å². The molecule has 0 radical (unpaired) electrons. The molecular formula is C25H28N4O6S2. The average Bonchev–Trinajstić information content (AvgIpc) is 3.19. The van der Waals surface area contributed by atoms with Crippen LogP contribution in [-0.2, 0) is 30.9 Å². The number of ether oxygens (including phenoxy) is 1. The fourth-order valence-corrected chi connectivity index (χ4v) is 7.04. The van der Waals surface area contributed by atoms with Crippen LogP contribution in [0.5, 0.6) is 0 Å². The van der Waals surface area contributed by atoms with E-state index in [4.69, 9.17) is 4.74 Å². The van der Waals surface area contributed by atoms with E-state index in [-0.39, 0.29) is 33.8 Å². The topological polar surface area (TPSA) is 127 Å². The second-order valence-corrected chi connectivity index (χ2v) is 11.7.